The second-order valence-corrected chi connectivity index (χ2v) is 4.74. The van der Waals surface area contributed by atoms with Gasteiger partial charge in [-0.3, -0.25) is 0 Å². The molecule has 0 aliphatic rings. The fourth-order valence-electron chi connectivity index (χ4n) is 1.85. The van der Waals surface area contributed by atoms with E-state index in [4.69, 9.17) is 0 Å². The van der Waals surface area contributed by atoms with Crippen LogP contribution in [0.15, 0.2) is 30.0 Å². The number of Topliss-reactive ketones (excluding diaryl/α,β-unsaturated/α-hetero) is 1. The highest BCUT2D eigenvalue weighted by molar-refractivity contribution is 5.79. The number of hydrogen-bond donors (Lipinski definition) is 2. The van der Waals surface area contributed by atoms with Gasteiger partial charge in [0.1, 0.15) is 5.78 Å². The van der Waals surface area contributed by atoms with Crippen LogP contribution >= 0.6 is 0 Å². The van der Waals surface area contributed by atoms with Gasteiger partial charge in [-0.2, -0.15) is 0 Å². The van der Waals surface area contributed by atoms with Crippen molar-refractivity contribution in [2.75, 3.05) is 5.32 Å². The number of carbonyl (C=O) groups excluding carboxylic acids is 1. The number of allylic oxidation sites excluding steroid dienone is 2. The highest BCUT2D eigenvalue weighted by Gasteiger charge is 2.04. The van der Waals surface area contributed by atoms with E-state index < -0.39 is 0 Å². The Morgan fingerprint density at radius 2 is 2.21 bits per heavy atom. The van der Waals surface area contributed by atoms with E-state index in [1.54, 1.807) is 6.92 Å². The van der Waals surface area contributed by atoms with E-state index in [0.29, 0.717) is 6.42 Å². The number of benzene rings is 1. The molecule has 0 radical (unpaired) electrons. The number of nitrogens with one attached hydrogen (secondary N) is 2. The van der Waals surface area contributed by atoms with Gasteiger partial charge in [0.2, 0.25) is 5.95 Å². The first-order valence-corrected chi connectivity index (χ1v) is 6.46. The molecule has 1 aromatic carbocycles. The molecule has 2 N–H and O–H groups in total. The normalized spacial score (nSPS) is 11.8. The maximum atomic E-state index is 11.0. The fourth-order valence-corrected chi connectivity index (χ4v) is 1.85. The number of ketones is 1. The van der Waals surface area contributed by atoms with E-state index in [0.717, 1.165) is 34.7 Å². The van der Waals surface area contributed by atoms with Crippen LogP contribution in [-0.2, 0) is 11.2 Å². The van der Waals surface area contributed by atoms with Crippen molar-refractivity contribution in [2.45, 2.75) is 33.6 Å². The zero-order valence-electron chi connectivity index (χ0n) is 11.6. The van der Waals surface area contributed by atoms with Gasteiger partial charge in [-0.1, -0.05) is 12.1 Å². The molecule has 0 aliphatic heterocycles. The minimum Gasteiger partial charge on any atom is -0.330 e. The Bertz CT molecular complexity index is 625. The number of nitrogens with zero attached hydrogens (tertiary/aromatic N) is 1. The van der Waals surface area contributed by atoms with E-state index in [1.807, 2.05) is 32.1 Å². The summed E-state index contributed by atoms with van der Waals surface area (Å²) in [5, 5.41) is 3.19. The van der Waals surface area contributed by atoms with Crippen LogP contribution in [0.5, 0.6) is 0 Å². The number of imidazole rings is 1. The Hall–Kier alpha value is -2.10. The average Bonchev–Trinajstić information content (AvgIpc) is 2.77. The van der Waals surface area contributed by atoms with Gasteiger partial charge in [0.15, 0.2) is 0 Å². The molecule has 1 aromatic heterocycles. The summed E-state index contributed by atoms with van der Waals surface area (Å²) in [4.78, 5) is 18.7. The van der Waals surface area contributed by atoms with E-state index >= 15 is 0 Å². The number of anilines is 1. The summed E-state index contributed by atoms with van der Waals surface area (Å²) in [5.41, 5.74) is 4.13. The largest absolute Gasteiger partial charge is 0.330 e. The number of H-pyrrole nitrogens is 1. The lowest BCUT2D eigenvalue weighted by Crippen LogP contribution is -1.96. The molecule has 100 valence electrons. The van der Waals surface area contributed by atoms with Crippen molar-refractivity contribution in [3.8, 4) is 0 Å². The molecule has 2 rings (SSSR count). The van der Waals surface area contributed by atoms with Crippen molar-refractivity contribution in [3.05, 3.63) is 35.5 Å². The van der Waals surface area contributed by atoms with Crippen LogP contribution in [0.1, 0.15) is 32.8 Å². The maximum Gasteiger partial charge on any atom is 0.205 e. The molecule has 4 heteroatoms. The molecule has 0 fully saturated rings. The lowest BCUT2D eigenvalue weighted by molar-refractivity contribution is -0.116. The number of rotatable bonds is 5. The quantitative estimate of drug-likeness (QED) is 0.862. The second-order valence-electron chi connectivity index (χ2n) is 4.74. The number of hydrogen-bond acceptors (Lipinski definition) is 3. The molecule has 0 aliphatic carbocycles. The summed E-state index contributed by atoms with van der Waals surface area (Å²) in [7, 11) is 0. The van der Waals surface area contributed by atoms with Crippen molar-refractivity contribution in [1.82, 2.24) is 9.97 Å². The maximum absolute atomic E-state index is 11.0. The first-order chi connectivity index (χ1) is 9.08. The van der Waals surface area contributed by atoms with Gasteiger partial charge >= 0.3 is 0 Å². The highest BCUT2D eigenvalue weighted by atomic mass is 16.1. The minimum absolute atomic E-state index is 0.218. The summed E-state index contributed by atoms with van der Waals surface area (Å²) in [5.74, 6) is 0.963. The average molecular weight is 257 g/mol. The Labute approximate surface area is 112 Å². The predicted octanol–water partition coefficient (Wildman–Crippen LogP) is 3.42. The molecular weight excluding hydrogens is 238 g/mol. The third-order valence-electron chi connectivity index (χ3n) is 3.06. The molecule has 0 unspecified atom stereocenters. The van der Waals surface area contributed by atoms with Crippen molar-refractivity contribution in [2.24, 2.45) is 0 Å². The van der Waals surface area contributed by atoms with Crippen molar-refractivity contribution >= 4 is 22.8 Å². The summed E-state index contributed by atoms with van der Waals surface area (Å²) in [6.45, 7) is 5.59. The minimum atomic E-state index is 0.218. The Morgan fingerprint density at radius 1 is 1.42 bits per heavy atom. The summed E-state index contributed by atoms with van der Waals surface area (Å²) < 4.78 is 0. The van der Waals surface area contributed by atoms with E-state index in [2.05, 4.69) is 21.4 Å². The van der Waals surface area contributed by atoms with Crippen LogP contribution in [-0.4, -0.2) is 15.8 Å². The molecule has 0 bridgehead atoms. The molecule has 4 nitrogen and oxygen atoms in total. The third-order valence-corrected chi connectivity index (χ3v) is 3.06. The van der Waals surface area contributed by atoms with Gasteiger partial charge in [0, 0.05) is 12.1 Å². The van der Waals surface area contributed by atoms with E-state index in [-0.39, 0.29) is 5.78 Å². The molecule has 19 heavy (non-hydrogen) atoms. The van der Waals surface area contributed by atoms with Gasteiger partial charge in [0.05, 0.1) is 11.0 Å². The molecule has 0 spiro atoms. The molecular formula is C15H19N3O. The molecule has 0 saturated carbocycles. The molecule has 2 aromatic rings. The standard InChI is InChI=1S/C15H19N3O/c1-4-10(2)16-15-17-13-8-7-12(6-5-11(3)19)9-14(13)18-15/h4,7-9H,5-6H2,1-3H3,(H2,16,17,18)/b10-4+. The van der Waals surface area contributed by atoms with E-state index in [9.17, 15) is 4.79 Å². The van der Waals surface area contributed by atoms with Crippen molar-refractivity contribution in [3.63, 3.8) is 0 Å². The van der Waals surface area contributed by atoms with Crippen molar-refractivity contribution < 1.29 is 4.79 Å². The van der Waals surface area contributed by atoms with Gasteiger partial charge in [0.25, 0.3) is 0 Å². The topological polar surface area (TPSA) is 57.8 Å². The number of aryl methyl sites for hydroxylation is 1. The summed E-state index contributed by atoms with van der Waals surface area (Å²) >= 11 is 0. The summed E-state index contributed by atoms with van der Waals surface area (Å²) in [6.07, 6.45) is 3.36. The number of fused-ring (bicyclic) bond motifs is 1. The molecule has 0 amide bonds. The SMILES string of the molecule is C/C=C(\C)Nc1nc2ccc(CCC(C)=O)cc2[nH]1. The first-order valence-electron chi connectivity index (χ1n) is 6.46. The predicted molar refractivity (Wildman–Crippen MR) is 78.1 cm³/mol. The highest BCUT2D eigenvalue weighted by Crippen LogP contribution is 2.18. The third kappa shape index (κ3) is 3.44. The number of carbonyl (C=O) groups is 1. The van der Waals surface area contributed by atoms with Gasteiger partial charge in [-0.25, -0.2) is 4.98 Å². The molecule has 0 saturated heterocycles. The summed E-state index contributed by atoms with van der Waals surface area (Å²) in [6, 6.07) is 6.07. The van der Waals surface area contributed by atoms with Crippen LogP contribution < -0.4 is 5.32 Å². The Balaban J connectivity index is 2.20. The zero-order chi connectivity index (χ0) is 13.8. The van der Waals surface area contributed by atoms with Gasteiger partial charge < -0.3 is 15.1 Å². The Kier molecular flexibility index (Phi) is 4.00. The fraction of sp³-hybridized carbons (Fsp3) is 0.333. The number of aromatic amines is 1. The van der Waals surface area contributed by atoms with Gasteiger partial charge in [-0.15, -0.1) is 0 Å². The lowest BCUT2D eigenvalue weighted by atomic mass is 10.1. The van der Waals surface area contributed by atoms with E-state index in [1.165, 1.54) is 0 Å². The van der Waals surface area contributed by atoms with Crippen LogP contribution in [0.4, 0.5) is 5.95 Å². The second kappa shape index (κ2) is 5.69. The number of aromatic nitrogens is 2. The zero-order valence-corrected chi connectivity index (χ0v) is 11.6. The van der Waals surface area contributed by atoms with Crippen LogP contribution in [0, 0.1) is 0 Å². The first kappa shape index (κ1) is 13.3. The molecule has 0 atom stereocenters. The monoisotopic (exact) mass is 257 g/mol. The Morgan fingerprint density at radius 3 is 2.89 bits per heavy atom. The van der Waals surface area contributed by atoms with Crippen LogP contribution in [0.3, 0.4) is 0 Å². The smallest absolute Gasteiger partial charge is 0.205 e. The van der Waals surface area contributed by atoms with Crippen molar-refractivity contribution in [1.29, 1.82) is 0 Å². The van der Waals surface area contributed by atoms with Gasteiger partial charge in [-0.05, 0) is 44.9 Å². The van der Waals surface area contributed by atoms with Crippen LogP contribution in [0.2, 0.25) is 0 Å². The van der Waals surface area contributed by atoms with Crippen LogP contribution in [0.25, 0.3) is 11.0 Å². The molecule has 1 heterocycles. The lowest BCUT2D eigenvalue weighted by Gasteiger charge is -1.99.